The molecule has 0 radical (unpaired) electrons. The van der Waals surface area contributed by atoms with Crippen LogP contribution in [0.25, 0.3) is 10.9 Å². The highest BCUT2D eigenvalue weighted by atomic mass is 19.4. The fraction of sp³-hybridized carbons (Fsp3) is 0.300. The van der Waals surface area contributed by atoms with Crippen molar-refractivity contribution >= 4 is 28.8 Å². The molecule has 2 aromatic carbocycles. The average molecular weight is 568 g/mol. The number of carbonyl (C=O) groups excluding carboxylic acids is 1. The Hall–Kier alpha value is -4.54. The van der Waals surface area contributed by atoms with Crippen LogP contribution in [0.5, 0.6) is 5.75 Å². The van der Waals surface area contributed by atoms with Gasteiger partial charge in [0.2, 0.25) is 0 Å². The molecule has 214 valence electrons. The van der Waals surface area contributed by atoms with Crippen LogP contribution in [0.2, 0.25) is 0 Å². The van der Waals surface area contributed by atoms with Gasteiger partial charge in [0, 0.05) is 35.8 Å². The fourth-order valence-electron chi connectivity index (χ4n) is 5.12. The minimum atomic E-state index is -4.51. The van der Waals surface area contributed by atoms with Crippen LogP contribution in [-0.4, -0.2) is 47.0 Å². The molecule has 11 heteroatoms. The lowest BCUT2D eigenvalue weighted by Gasteiger charge is -2.26. The van der Waals surface area contributed by atoms with Crippen molar-refractivity contribution in [1.29, 1.82) is 0 Å². The summed E-state index contributed by atoms with van der Waals surface area (Å²) in [6.07, 6.45) is -1.93. The third-order valence-electron chi connectivity index (χ3n) is 7.17. The molecule has 8 nitrogen and oxygen atoms in total. The van der Waals surface area contributed by atoms with Gasteiger partial charge in [-0.1, -0.05) is 18.2 Å². The SMILES string of the molecule is COC(=O)CC(c1cccc(C(F)(F)F)c1)n1ccc2cc(OCCc3ccc4c(n3)N(C(=O)O)CCC4)ccc21. The second kappa shape index (κ2) is 11.5. The van der Waals surface area contributed by atoms with E-state index in [0.29, 0.717) is 42.2 Å². The average Bonchev–Trinajstić information content (AvgIpc) is 3.38. The molecule has 1 N–H and O–H groups in total. The molecule has 1 aliphatic rings. The van der Waals surface area contributed by atoms with Crippen molar-refractivity contribution in [2.45, 2.75) is 37.9 Å². The van der Waals surface area contributed by atoms with Crippen molar-refractivity contribution in [2.75, 3.05) is 25.2 Å². The predicted molar refractivity (Wildman–Crippen MR) is 145 cm³/mol. The predicted octanol–water partition coefficient (Wildman–Crippen LogP) is 6.26. The lowest BCUT2D eigenvalue weighted by atomic mass is 10.0. The van der Waals surface area contributed by atoms with Crippen LogP contribution in [0.15, 0.2) is 66.9 Å². The second-order valence-electron chi connectivity index (χ2n) is 9.78. The first-order valence-corrected chi connectivity index (χ1v) is 13.1. The summed E-state index contributed by atoms with van der Waals surface area (Å²) in [7, 11) is 1.24. The Kier molecular flexibility index (Phi) is 7.87. The number of aromatic nitrogens is 2. The number of hydrogen-bond donors (Lipinski definition) is 1. The van der Waals surface area contributed by atoms with E-state index in [-0.39, 0.29) is 6.42 Å². The van der Waals surface area contributed by atoms with Gasteiger partial charge in [-0.3, -0.25) is 9.69 Å². The first-order chi connectivity index (χ1) is 19.6. The van der Waals surface area contributed by atoms with Crippen LogP contribution in [-0.2, 0) is 28.5 Å². The molecule has 1 atom stereocenters. The van der Waals surface area contributed by atoms with Gasteiger partial charge in [-0.05, 0) is 66.4 Å². The number of halogens is 3. The highest BCUT2D eigenvalue weighted by Crippen LogP contribution is 2.35. The van der Waals surface area contributed by atoms with Crippen molar-refractivity contribution in [3.8, 4) is 5.75 Å². The number of esters is 1. The maximum Gasteiger partial charge on any atom is 0.416 e. The van der Waals surface area contributed by atoms with E-state index in [1.165, 1.54) is 18.1 Å². The zero-order valence-corrected chi connectivity index (χ0v) is 22.2. The summed E-state index contributed by atoms with van der Waals surface area (Å²) in [6.45, 7) is 0.726. The highest BCUT2D eigenvalue weighted by molar-refractivity contribution is 5.86. The van der Waals surface area contributed by atoms with Crippen LogP contribution in [0.3, 0.4) is 0 Å². The number of alkyl halides is 3. The summed E-state index contributed by atoms with van der Waals surface area (Å²) in [4.78, 5) is 29.6. The minimum absolute atomic E-state index is 0.146. The van der Waals surface area contributed by atoms with E-state index in [1.54, 1.807) is 29.0 Å². The molecule has 1 aliphatic heterocycles. The van der Waals surface area contributed by atoms with E-state index >= 15 is 0 Å². The van der Waals surface area contributed by atoms with Crippen molar-refractivity contribution < 1.29 is 37.3 Å². The molecule has 4 aromatic rings. The molecular weight excluding hydrogens is 539 g/mol. The van der Waals surface area contributed by atoms with Gasteiger partial charge in [0.1, 0.15) is 11.6 Å². The van der Waals surface area contributed by atoms with E-state index in [9.17, 15) is 27.9 Å². The van der Waals surface area contributed by atoms with Crippen LogP contribution >= 0.6 is 0 Å². The summed E-state index contributed by atoms with van der Waals surface area (Å²) in [5.74, 6) is 0.520. The normalized spacial score (nSPS) is 14.0. The molecule has 0 spiro atoms. The number of anilines is 1. The van der Waals surface area contributed by atoms with Gasteiger partial charge in [-0.2, -0.15) is 13.2 Å². The maximum absolute atomic E-state index is 13.4. The van der Waals surface area contributed by atoms with Gasteiger partial charge in [0.25, 0.3) is 0 Å². The summed E-state index contributed by atoms with van der Waals surface area (Å²) in [6, 6.07) is 15.2. The second-order valence-corrected chi connectivity index (χ2v) is 9.78. The zero-order valence-electron chi connectivity index (χ0n) is 22.2. The van der Waals surface area contributed by atoms with Crippen LogP contribution in [0.1, 0.15) is 41.3 Å². The summed E-state index contributed by atoms with van der Waals surface area (Å²) >= 11 is 0. The number of carboxylic acid groups (broad SMARTS) is 1. The monoisotopic (exact) mass is 567 g/mol. The number of hydrogen-bond acceptors (Lipinski definition) is 5. The van der Waals surface area contributed by atoms with E-state index in [1.807, 2.05) is 24.3 Å². The first kappa shape index (κ1) is 28.0. The molecule has 0 fully saturated rings. The quantitative estimate of drug-likeness (QED) is 0.253. The molecule has 41 heavy (non-hydrogen) atoms. The lowest BCUT2D eigenvalue weighted by molar-refractivity contribution is -0.141. The van der Waals surface area contributed by atoms with E-state index < -0.39 is 29.8 Å². The van der Waals surface area contributed by atoms with Gasteiger partial charge in [0.15, 0.2) is 0 Å². The van der Waals surface area contributed by atoms with E-state index in [4.69, 9.17) is 9.47 Å². The Balaban J connectivity index is 1.34. The van der Waals surface area contributed by atoms with Gasteiger partial charge < -0.3 is 19.1 Å². The molecule has 0 saturated heterocycles. The Bertz CT molecular complexity index is 1580. The van der Waals surface area contributed by atoms with Crippen LogP contribution in [0.4, 0.5) is 23.8 Å². The van der Waals surface area contributed by atoms with Gasteiger partial charge in [0.05, 0.1) is 31.7 Å². The molecule has 3 heterocycles. The molecular formula is C30H28F3N3O5. The summed E-state index contributed by atoms with van der Waals surface area (Å²) in [5.41, 5.74) is 1.89. The zero-order chi connectivity index (χ0) is 29.1. The van der Waals surface area contributed by atoms with Gasteiger partial charge >= 0.3 is 18.2 Å². The Morgan fingerprint density at radius 2 is 1.93 bits per heavy atom. The number of amides is 1. The Labute approximate surface area is 233 Å². The molecule has 1 amide bonds. The topological polar surface area (TPSA) is 93.9 Å². The third kappa shape index (κ3) is 6.13. The Morgan fingerprint density at radius 3 is 2.68 bits per heavy atom. The van der Waals surface area contributed by atoms with Crippen molar-refractivity contribution in [3.05, 3.63) is 89.2 Å². The van der Waals surface area contributed by atoms with E-state index in [2.05, 4.69) is 4.98 Å². The standard InChI is InChI=1S/C30H28F3N3O5/c1-40-27(37)18-26(20-4-2-6-22(16-20)30(31,32)33)35-14-11-21-17-24(9-10-25(21)35)41-15-12-23-8-7-19-5-3-13-36(29(38)39)28(19)34-23/h2,4,6-11,14,16-17,26H,3,5,12-13,15,18H2,1H3,(H,38,39). The minimum Gasteiger partial charge on any atom is -0.493 e. The van der Waals surface area contributed by atoms with Gasteiger partial charge in [-0.15, -0.1) is 0 Å². The largest absolute Gasteiger partial charge is 0.493 e. The number of nitrogens with zero attached hydrogens (tertiary/aromatic N) is 3. The number of carbonyl (C=O) groups is 2. The smallest absolute Gasteiger partial charge is 0.416 e. The molecule has 0 aliphatic carbocycles. The highest BCUT2D eigenvalue weighted by Gasteiger charge is 2.32. The summed E-state index contributed by atoms with van der Waals surface area (Å²) < 4.78 is 52.7. The number of pyridine rings is 1. The van der Waals surface area contributed by atoms with Crippen molar-refractivity contribution in [3.63, 3.8) is 0 Å². The van der Waals surface area contributed by atoms with Crippen molar-refractivity contribution in [2.24, 2.45) is 0 Å². The Morgan fingerprint density at radius 1 is 1.10 bits per heavy atom. The number of methoxy groups -OCH3 is 1. The molecule has 0 bridgehead atoms. The summed E-state index contributed by atoms with van der Waals surface area (Å²) in [5, 5.41) is 10.3. The number of fused-ring (bicyclic) bond motifs is 2. The molecule has 1 unspecified atom stereocenters. The van der Waals surface area contributed by atoms with E-state index in [0.717, 1.165) is 41.6 Å². The number of aryl methyl sites for hydroxylation is 1. The van der Waals surface area contributed by atoms with Gasteiger partial charge in [-0.25, -0.2) is 9.78 Å². The molecule has 0 saturated carbocycles. The maximum atomic E-state index is 13.4. The third-order valence-corrected chi connectivity index (χ3v) is 7.17. The van der Waals surface area contributed by atoms with Crippen LogP contribution < -0.4 is 9.64 Å². The number of rotatable bonds is 8. The fourth-order valence-corrected chi connectivity index (χ4v) is 5.12. The molecule has 5 rings (SSSR count). The number of ether oxygens (including phenoxy) is 2. The number of benzene rings is 2. The lowest BCUT2D eigenvalue weighted by Crippen LogP contribution is -2.35. The van der Waals surface area contributed by atoms with Crippen LogP contribution in [0, 0.1) is 0 Å². The molecule has 2 aromatic heterocycles. The van der Waals surface area contributed by atoms with Crippen molar-refractivity contribution in [1.82, 2.24) is 9.55 Å². The first-order valence-electron chi connectivity index (χ1n) is 13.1.